The number of nitrogens with zero attached hydrogens (tertiary/aromatic N) is 2. The van der Waals surface area contributed by atoms with E-state index in [2.05, 4.69) is 157 Å². The lowest BCUT2D eigenvalue weighted by atomic mass is 9.95. The molecule has 0 radical (unpaired) electrons. The quantitative estimate of drug-likeness (QED) is 0.128. The van der Waals surface area contributed by atoms with Crippen molar-refractivity contribution in [1.82, 2.24) is 0 Å². The van der Waals surface area contributed by atoms with E-state index in [1.807, 2.05) is 12.1 Å². The molecule has 0 N–H and O–H groups in total. The fourth-order valence-corrected chi connectivity index (χ4v) is 6.40. The van der Waals surface area contributed by atoms with Crippen LogP contribution in [0, 0.1) is 13.8 Å². The number of fused-ring (bicyclic) bond motifs is 3. The zero-order chi connectivity index (χ0) is 31.6. The van der Waals surface area contributed by atoms with Crippen LogP contribution in [0.1, 0.15) is 11.1 Å². The number of hydrogen-bond acceptors (Lipinski definition) is 4. The molecule has 7 aromatic rings. The van der Waals surface area contributed by atoms with E-state index in [9.17, 15) is 0 Å². The Morgan fingerprint density at radius 2 is 0.717 bits per heavy atom. The molecule has 0 aromatic heterocycles. The van der Waals surface area contributed by atoms with Gasteiger partial charge in [-0.2, -0.15) is 0 Å². The van der Waals surface area contributed by atoms with Crippen molar-refractivity contribution < 1.29 is 9.47 Å². The predicted octanol–water partition coefficient (Wildman–Crippen LogP) is 11.6. The van der Waals surface area contributed by atoms with Gasteiger partial charge in [0, 0.05) is 45.7 Å². The van der Waals surface area contributed by atoms with Crippen LogP contribution >= 0.6 is 0 Å². The molecule has 4 heteroatoms. The maximum absolute atomic E-state index is 5.76. The Labute approximate surface area is 270 Å². The summed E-state index contributed by atoms with van der Waals surface area (Å²) in [5.74, 6) is 1.59. The summed E-state index contributed by atoms with van der Waals surface area (Å²) in [4.78, 5) is 4.76. The van der Waals surface area contributed by atoms with E-state index in [0.29, 0.717) is 0 Å². The van der Waals surface area contributed by atoms with Gasteiger partial charge in [0.05, 0.1) is 25.6 Å². The summed E-state index contributed by atoms with van der Waals surface area (Å²) in [5, 5.41) is 4.65. The third-order valence-electron chi connectivity index (χ3n) is 8.47. The Kier molecular flexibility index (Phi) is 7.78. The number of rotatable bonds is 8. The van der Waals surface area contributed by atoms with Crippen LogP contribution < -0.4 is 19.3 Å². The topological polar surface area (TPSA) is 24.9 Å². The first kappa shape index (κ1) is 29.0. The fourth-order valence-electron chi connectivity index (χ4n) is 6.40. The van der Waals surface area contributed by atoms with Gasteiger partial charge in [0.15, 0.2) is 0 Å². The molecular weight excluding hydrogens is 564 g/mol. The van der Waals surface area contributed by atoms with Crippen molar-refractivity contribution in [2.45, 2.75) is 13.8 Å². The summed E-state index contributed by atoms with van der Waals surface area (Å²) in [6.07, 6.45) is 0. The minimum Gasteiger partial charge on any atom is -0.497 e. The zero-order valence-electron chi connectivity index (χ0n) is 26.6. The number of benzene rings is 7. The third-order valence-corrected chi connectivity index (χ3v) is 8.47. The molecular formula is C42H36N2O2. The van der Waals surface area contributed by atoms with E-state index in [4.69, 9.17) is 9.47 Å². The normalized spacial score (nSPS) is 11.0. The highest BCUT2D eigenvalue weighted by Gasteiger charge is 2.28. The Morgan fingerprint density at radius 1 is 0.370 bits per heavy atom. The van der Waals surface area contributed by atoms with Gasteiger partial charge in [0.2, 0.25) is 0 Å². The lowest BCUT2D eigenvalue weighted by Crippen LogP contribution is -2.18. The molecule has 0 aliphatic rings. The van der Waals surface area contributed by atoms with Crippen molar-refractivity contribution in [2.24, 2.45) is 0 Å². The van der Waals surface area contributed by atoms with Crippen molar-refractivity contribution in [3.63, 3.8) is 0 Å². The van der Waals surface area contributed by atoms with Crippen LogP contribution in [0.15, 0.2) is 146 Å². The van der Waals surface area contributed by atoms with Gasteiger partial charge in [-0.3, -0.25) is 0 Å². The second-order valence-corrected chi connectivity index (χ2v) is 11.5. The Bertz CT molecular complexity index is 2030. The molecule has 0 amide bonds. The molecule has 0 aliphatic carbocycles. The number of methoxy groups -OCH3 is 2. The molecule has 0 spiro atoms. The minimum atomic E-state index is 0.796. The largest absolute Gasteiger partial charge is 0.497 e. The Morgan fingerprint density at radius 3 is 1.09 bits per heavy atom. The molecule has 226 valence electrons. The average molecular weight is 601 g/mol. The zero-order valence-corrected chi connectivity index (χ0v) is 26.6. The van der Waals surface area contributed by atoms with Gasteiger partial charge in [0.1, 0.15) is 11.5 Å². The van der Waals surface area contributed by atoms with Crippen LogP contribution in [0.3, 0.4) is 0 Å². The minimum absolute atomic E-state index is 0.796. The van der Waals surface area contributed by atoms with Crippen molar-refractivity contribution in [1.29, 1.82) is 0 Å². The van der Waals surface area contributed by atoms with E-state index >= 15 is 0 Å². The number of hydrogen-bond donors (Lipinski definition) is 0. The third kappa shape index (κ3) is 5.28. The Balaban J connectivity index is 1.69. The molecule has 0 saturated carbocycles. The highest BCUT2D eigenvalue weighted by molar-refractivity contribution is 6.23. The standard InChI is InChI=1S/C42H36N2O2/c1-29-13-9-15-31(25-29)43(33-17-11-19-35(27-33)45-3)41-39-23-7-5-21-37(39)38-22-6-8-24-40(38)42(41)44(32-16-10-14-30(2)26-32)34-18-12-20-36(28-34)46-4/h5-28H,1-4H3. The molecule has 0 heterocycles. The molecule has 46 heavy (non-hydrogen) atoms. The second-order valence-electron chi connectivity index (χ2n) is 11.5. The fraction of sp³-hybridized carbons (Fsp3) is 0.0952. The summed E-state index contributed by atoms with van der Waals surface area (Å²) in [5.41, 5.74) is 8.62. The lowest BCUT2D eigenvalue weighted by molar-refractivity contribution is 0.415. The van der Waals surface area contributed by atoms with E-state index in [0.717, 1.165) is 56.4 Å². The molecule has 7 rings (SSSR count). The molecule has 0 unspecified atom stereocenters. The number of ether oxygens (including phenoxy) is 2. The monoisotopic (exact) mass is 600 g/mol. The summed E-state index contributed by atoms with van der Waals surface area (Å²) in [7, 11) is 3.43. The van der Waals surface area contributed by atoms with Gasteiger partial charge in [0.25, 0.3) is 0 Å². The number of aryl methyl sites for hydroxylation is 2. The van der Waals surface area contributed by atoms with Gasteiger partial charge in [-0.1, -0.05) is 84.9 Å². The first-order valence-electron chi connectivity index (χ1n) is 15.5. The molecule has 0 bridgehead atoms. The van der Waals surface area contributed by atoms with Crippen LogP contribution in [-0.2, 0) is 0 Å². The smallest absolute Gasteiger partial charge is 0.120 e. The summed E-state index contributed by atoms with van der Waals surface area (Å²) < 4.78 is 11.5. The first-order chi connectivity index (χ1) is 22.6. The van der Waals surface area contributed by atoms with E-state index in [1.165, 1.54) is 21.9 Å². The SMILES string of the molecule is COc1cccc(N(c2cccc(C)c2)c2c(N(c3cccc(C)c3)c3cccc(OC)c3)c3ccccc3c3ccccc23)c1. The van der Waals surface area contributed by atoms with Crippen molar-refractivity contribution in [3.05, 3.63) is 157 Å². The Hall–Kier alpha value is -5.74. The highest BCUT2D eigenvalue weighted by atomic mass is 16.5. The van der Waals surface area contributed by atoms with Crippen LogP contribution in [0.4, 0.5) is 34.1 Å². The summed E-state index contributed by atoms with van der Waals surface area (Å²) >= 11 is 0. The molecule has 4 nitrogen and oxygen atoms in total. The maximum atomic E-state index is 5.76. The summed E-state index contributed by atoms with van der Waals surface area (Å²) in [6, 6.07) is 51.5. The molecule has 0 aliphatic heterocycles. The number of anilines is 6. The van der Waals surface area contributed by atoms with E-state index in [-0.39, 0.29) is 0 Å². The van der Waals surface area contributed by atoms with Gasteiger partial charge in [-0.25, -0.2) is 0 Å². The van der Waals surface area contributed by atoms with Crippen molar-refractivity contribution >= 4 is 55.7 Å². The predicted molar refractivity (Wildman–Crippen MR) is 193 cm³/mol. The van der Waals surface area contributed by atoms with E-state index < -0.39 is 0 Å². The molecule has 0 saturated heterocycles. The first-order valence-corrected chi connectivity index (χ1v) is 15.5. The maximum Gasteiger partial charge on any atom is 0.120 e. The lowest BCUT2D eigenvalue weighted by Gasteiger charge is -2.35. The van der Waals surface area contributed by atoms with Crippen molar-refractivity contribution in [2.75, 3.05) is 24.0 Å². The van der Waals surface area contributed by atoms with Gasteiger partial charge < -0.3 is 19.3 Å². The highest BCUT2D eigenvalue weighted by Crippen LogP contribution is 2.53. The van der Waals surface area contributed by atoms with Gasteiger partial charge in [-0.05, 0) is 84.3 Å². The second kappa shape index (κ2) is 12.3. The van der Waals surface area contributed by atoms with Crippen LogP contribution in [0.2, 0.25) is 0 Å². The average Bonchev–Trinajstić information content (AvgIpc) is 3.10. The van der Waals surface area contributed by atoms with Crippen molar-refractivity contribution in [3.8, 4) is 11.5 Å². The van der Waals surface area contributed by atoms with Crippen LogP contribution in [-0.4, -0.2) is 14.2 Å². The molecule has 0 atom stereocenters. The van der Waals surface area contributed by atoms with Gasteiger partial charge >= 0.3 is 0 Å². The van der Waals surface area contributed by atoms with Crippen LogP contribution in [0.25, 0.3) is 21.5 Å². The molecule has 7 aromatic carbocycles. The summed E-state index contributed by atoms with van der Waals surface area (Å²) in [6.45, 7) is 4.28. The van der Waals surface area contributed by atoms with Crippen LogP contribution in [0.5, 0.6) is 11.5 Å². The van der Waals surface area contributed by atoms with Gasteiger partial charge in [-0.15, -0.1) is 0 Å². The molecule has 0 fully saturated rings. The van der Waals surface area contributed by atoms with E-state index in [1.54, 1.807) is 14.2 Å².